The Morgan fingerprint density at radius 1 is 0.934 bits per heavy atom. The highest BCUT2D eigenvalue weighted by Crippen LogP contribution is 2.38. The number of imide groups is 1. The molecule has 0 aliphatic carbocycles. The summed E-state index contributed by atoms with van der Waals surface area (Å²) in [5.74, 6) is -0.239. The maximum absolute atomic E-state index is 16.4. The SMILES string of the molecule is Cc1cn(C2CCN(CC3(F)CCN(C(=O)c4ccc([C@H]5CCCN(c6cc(-c7ccccc7O)nnc6N)C5)cc4)CC3)CC2)c2ccc(N3CCC(=O)NC3=O)c(F)c12. The number of rotatable bonds is 8. The molecule has 13 nitrogen and oxygen atoms in total. The van der Waals surface area contributed by atoms with Crippen LogP contribution in [0.3, 0.4) is 0 Å². The number of aromatic hydroxyl groups is 1. The summed E-state index contributed by atoms with van der Waals surface area (Å²) in [7, 11) is 0. The van der Waals surface area contributed by atoms with Crippen molar-refractivity contribution in [1.29, 1.82) is 0 Å². The van der Waals surface area contributed by atoms with Crippen LogP contribution < -0.4 is 20.9 Å². The molecule has 61 heavy (non-hydrogen) atoms. The molecule has 0 radical (unpaired) electrons. The predicted molar refractivity (Wildman–Crippen MR) is 230 cm³/mol. The number of para-hydroxylation sites is 1. The van der Waals surface area contributed by atoms with Gasteiger partial charge in [0.15, 0.2) is 11.6 Å². The van der Waals surface area contributed by atoms with Gasteiger partial charge in [-0.25, -0.2) is 13.6 Å². The Morgan fingerprint density at radius 2 is 1.69 bits per heavy atom. The van der Waals surface area contributed by atoms with E-state index in [2.05, 4.69) is 29.9 Å². The van der Waals surface area contributed by atoms with E-state index in [0.29, 0.717) is 60.7 Å². The van der Waals surface area contributed by atoms with Crippen molar-refractivity contribution < 1.29 is 28.3 Å². The molecule has 4 amide bonds. The number of hydrogen-bond donors (Lipinski definition) is 3. The van der Waals surface area contributed by atoms with Crippen molar-refractivity contribution >= 4 is 45.9 Å². The number of benzene rings is 3. The van der Waals surface area contributed by atoms with Crippen molar-refractivity contribution in [2.24, 2.45) is 0 Å². The van der Waals surface area contributed by atoms with Crippen LogP contribution in [0.25, 0.3) is 22.2 Å². The average Bonchev–Trinajstić information content (AvgIpc) is 3.61. The maximum atomic E-state index is 16.4. The van der Waals surface area contributed by atoms with Gasteiger partial charge in [0.05, 0.1) is 22.6 Å². The van der Waals surface area contributed by atoms with E-state index < -0.39 is 17.5 Å². The number of fused-ring (bicyclic) bond motifs is 1. The molecule has 4 aliphatic rings. The second-order valence-corrected chi connectivity index (χ2v) is 17.1. The zero-order chi connectivity index (χ0) is 42.4. The van der Waals surface area contributed by atoms with Gasteiger partial charge >= 0.3 is 6.03 Å². The van der Waals surface area contributed by atoms with Crippen LogP contribution in [0, 0.1) is 12.7 Å². The summed E-state index contributed by atoms with van der Waals surface area (Å²) >= 11 is 0. The van der Waals surface area contributed by atoms with Crippen LogP contribution in [0.4, 0.5) is 30.8 Å². The number of amides is 4. The average molecular weight is 832 g/mol. The number of urea groups is 1. The van der Waals surface area contributed by atoms with Gasteiger partial charge in [-0.2, -0.15) is 0 Å². The highest BCUT2D eigenvalue weighted by atomic mass is 19.1. The third kappa shape index (κ3) is 7.98. The minimum Gasteiger partial charge on any atom is -0.507 e. The molecule has 4 N–H and O–H groups in total. The summed E-state index contributed by atoms with van der Waals surface area (Å²) < 4.78 is 34.4. The van der Waals surface area contributed by atoms with E-state index in [4.69, 9.17) is 5.73 Å². The monoisotopic (exact) mass is 831 g/mol. The van der Waals surface area contributed by atoms with Crippen LogP contribution in [0.15, 0.2) is 72.9 Å². The molecule has 318 valence electrons. The number of likely N-dealkylation sites (tertiary alicyclic amines) is 2. The molecule has 6 heterocycles. The predicted octanol–water partition coefficient (Wildman–Crippen LogP) is 6.95. The number of aromatic nitrogens is 3. The molecular formula is C46H51F2N9O4. The molecule has 15 heteroatoms. The normalized spacial score (nSPS) is 20.3. The largest absolute Gasteiger partial charge is 0.507 e. The van der Waals surface area contributed by atoms with Crippen molar-refractivity contribution in [2.45, 2.75) is 69.5 Å². The van der Waals surface area contributed by atoms with Gasteiger partial charge in [-0.05, 0) is 86.2 Å². The molecule has 1 atom stereocenters. The van der Waals surface area contributed by atoms with E-state index in [1.54, 1.807) is 29.2 Å². The Morgan fingerprint density at radius 3 is 2.43 bits per heavy atom. The minimum absolute atomic E-state index is 0.0842. The van der Waals surface area contributed by atoms with E-state index >= 15 is 8.78 Å². The number of hydrogen-bond acceptors (Lipinski definition) is 9. The van der Waals surface area contributed by atoms with Crippen molar-refractivity contribution in [1.82, 2.24) is 29.9 Å². The highest BCUT2D eigenvalue weighted by molar-refractivity contribution is 6.06. The maximum Gasteiger partial charge on any atom is 0.328 e. The van der Waals surface area contributed by atoms with Crippen LogP contribution in [0.5, 0.6) is 5.75 Å². The Hall–Kier alpha value is -6.09. The number of phenolic OH excluding ortho intramolecular Hbond substituents is 1. The summed E-state index contributed by atoms with van der Waals surface area (Å²) in [6, 6.07) is 19.7. The number of aryl methyl sites for hydroxylation is 1. The molecule has 4 fully saturated rings. The number of halogens is 2. The molecule has 0 bridgehead atoms. The number of anilines is 3. The molecule has 4 saturated heterocycles. The van der Waals surface area contributed by atoms with Gasteiger partial charge in [-0.15, -0.1) is 10.2 Å². The summed E-state index contributed by atoms with van der Waals surface area (Å²) in [6.07, 6.45) is 6.15. The van der Waals surface area contributed by atoms with Gasteiger partial charge in [-0.3, -0.25) is 19.8 Å². The molecule has 3 aromatic carbocycles. The first kappa shape index (κ1) is 40.3. The van der Waals surface area contributed by atoms with Gasteiger partial charge < -0.3 is 30.1 Å². The molecule has 2 aromatic heterocycles. The van der Waals surface area contributed by atoms with Crippen LogP contribution in [-0.2, 0) is 4.79 Å². The second-order valence-electron chi connectivity index (χ2n) is 17.1. The van der Waals surface area contributed by atoms with E-state index in [0.717, 1.165) is 61.1 Å². The zero-order valence-corrected chi connectivity index (χ0v) is 34.3. The molecule has 0 spiro atoms. The lowest BCUT2D eigenvalue weighted by Gasteiger charge is -2.41. The Bertz CT molecular complexity index is 2480. The molecule has 9 rings (SSSR count). The number of alkyl halides is 1. The first-order valence-electron chi connectivity index (χ1n) is 21.3. The topological polar surface area (TPSA) is 153 Å². The molecule has 4 aliphatic heterocycles. The molecule has 0 saturated carbocycles. The lowest BCUT2D eigenvalue weighted by molar-refractivity contribution is -0.120. The third-order valence-corrected chi connectivity index (χ3v) is 13.2. The number of phenols is 1. The van der Waals surface area contributed by atoms with Gasteiger partial charge in [0, 0.05) is 106 Å². The fourth-order valence-electron chi connectivity index (χ4n) is 9.83. The van der Waals surface area contributed by atoms with Crippen molar-refractivity contribution in [3.63, 3.8) is 0 Å². The quantitative estimate of drug-likeness (QED) is 0.151. The lowest BCUT2D eigenvalue weighted by atomic mass is 9.89. The number of nitrogens with zero attached hydrogens (tertiary/aromatic N) is 7. The summed E-state index contributed by atoms with van der Waals surface area (Å²) in [6.45, 7) is 5.96. The van der Waals surface area contributed by atoms with Gasteiger partial charge in [0.25, 0.3) is 5.91 Å². The van der Waals surface area contributed by atoms with Crippen LogP contribution >= 0.6 is 0 Å². The smallest absolute Gasteiger partial charge is 0.328 e. The van der Waals surface area contributed by atoms with Crippen molar-refractivity contribution in [2.75, 3.05) is 67.9 Å². The number of piperidine rings is 3. The van der Waals surface area contributed by atoms with E-state index in [1.807, 2.05) is 55.6 Å². The van der Waals surface area contributed by atoms with Gasteiger partial charge in [-0.1, -0.05) is 24.3 Å². The Kier molecular flexibility index (Phi) is 10.8. The van der Waals surface area contributed by atoms with Crippen molar-refractivity contribution in [3.8, 4) is 17.0 Å². The van der Waals surface area contributed by atoms with E-state index in [1.165, 1.54) is 4.90 Å². The summed E-state index contributed by atoms with van der Waals surface area (Å²) in [4.78, 5) is 45.1. The number of nitrogens with one attached hydrogen (secondary N) is 1. The number of carbonyl (C=O) groups is 3. The first-order valence-corrected chi connectivity index (χ1v) is 21.3. The van der Waals surface area contributed by atoms with Crippen LogP contribution in [0.1, 0.15) is 78.4 Å². The van der Waals surface area contributed by atoms with Crippen LogP contribution in [0.2, 0.25) is 0 Å². The molecule has 0 unspecified atom stereocenters. The fourth-order valence-corrected chi connectivity index (χ4v) is 9.83. The van der Waals surface area contributed by atoms with Crippen LogP contribution in [-0.4, -0.2) is 106 Å². The molecule has 5 aromatic rings. The van der Waals surface area contributed by atoms with Crippen molar-refractivity contribution in [3.05, 3.63) is 95.4 Å². The number of nitrogens with two attached hydrogens (primary N) is 1. The van der Waals surface area contributed by atoms with E-state index in [9.17, 15) is 19.5 Å². The summed E-state index contributed by atoms with van der Waals surface area (Å²) in [5, 5.41) is 21.5. The third-order valence-electron chi connectivity index (χ3n) is 13.2. The minimum atomic E-state index is -1.39. The number of carbonyl (C=O) groups excluding carboxylic acids is 3. The zero-order valence-electron chi connectivity index (χ0n) is 34.3. The fraction of sp³-hybridized carbons (Fsp3) is 0.413. The summed E-state index contributed by atoms with van der Waals surface area (Å²) in [5.41, 5.74) is 10.3. The second kappa shape index (κ2) is 16.4. The standard InChI is InChI=1S/C46H51F2N9O4/c1-29-26-57(36-12-13-37(42(47)41(29)36)56-22-16-40(59)50-45(56)61)33-14-20-53(21-15-33)28-46(48)17-23-54(24-18-46)44(60)31-10-8-30(9-11-31)32-5-4-19-55(27-32)38-25-35(51-52-43(38)49)34-6-2-3-7-39(34)58/h2-3,6-13,25-26,32-33,58H,4-5,14-24,27-28H2,1H3,(H2,49,52)(H,50,59,61)/t32-/m0/s1. The highest BCUT2D eigenvalue weighted by Gasteiger charge is 2.39. The first-order chi connectivity index (χ1) is 29.4. The Labute approximate surface area is 353 Å². The van der Waals surface area contributed by atoms with Gasteiger partial charge in [0.1, 0.15) is 11.4 Å². The van der Waals surface area contributed by atoms with E-state index in [-0.39, 0.29) is 61.0 Å². The van der Waals surface area contributed by atoms with Gasteiger partial charge in [0.2, 0.25) is 5.91 Å². The number of nitrogen functional groups attached to an aromatic ring is 1. The lowest BCUT2D eigenvalue weighted by Crippen LogP contribution is -2.51. The molecular weight excluding hydrogens is 781 g/mol. The Balaban J connectivity index is 0.774.